The largest absolute Gasteiger partial charge is 0.256 e. The zero-order chi connectivity index (χ0) is 23.5. The standard InChI is InChI=1S/C32H29NSi/c1-34(2,3)31-11-7-10-30(23-31)26-15-13-24(14-16-26)28-8-6-9-29(22-28)25-17-19-27(20-18-25)32-12-4-5-21-33-32/h4-23H,1-3H3. The van der Waals surface area contributed by atoms with Crippen molar-refractivity contribution >= 4 is 13.3 Å². The second-order valence-corrected chi connectivity index (χ2v) is 14.9. The van der Waals surface area contributed by atoms with Gasteiger partial charge in [0.25, 0.3) is 0 Å². The van der Waals surface area contributed by atoms with E-state index < -0.39 is 8.07 Å². The molecule has 0 unspecified atom stereocenters. The van der Waals surface area contributed by atoms with Gasteiger partial charge in [-0.15, -0.1) is 0 Å². The van der Waals surface area contributed by atoms with Gasteiger partial charge in [0.1, 0.15) is 0 Å². The quantitative estimate of drug-likeness (QED) is 0.243. The number of hydrogen-bond donors (Lipinski definition) is 0. The van der Waals surface area contributed by atoms with Crippen LogP contribution < -0.4 is 5.19 Å². The number of pyridine rings is 1. The summed E-state index contributed by atoms with van der Waals surface area (Å²) in [5, 5.41) is 1.50. The van der Waals surface area contributed by atoms with Crippen molar-refractivity contribution in [2.24, 2.45) is 0 Å². The van der Waals surface area contributed by atoms with E-state index in [2.05, 4.69) is 122 Å². The summed E-state index contributed by atoms with van der Waals surface area (Å²) < 4.78 is 0. The van der Waals surface area contributed by atoms with Gasteiger partial charge < -0.3 is 0 Å². The van der Waals surface area contributed by atoms with Gasteiger partial charge in [0.2, 0.25) is 0 Å². The minimum absolute atomic E-state index is 0.998. The second kappa shape index (κ2) is 9.24. The highest BCUT2D eigenvalue weighted by Crippen LogP contribution is 2.29. The maximum Gasteiger partial charge on any atom is 0.0776 e. The summed E-state index contributed by atoms with van der Waals surface area (Å²) in [4.78, 5) is 4.45. The monoisotopic (exact) mass is 455 g/mol. The third-order valence-electron chi connectivity index (χ3n) is 6.32. The SMILES string of the molecule is C[Si](C)(C)c1cccc(-c2ccc(-c3cccc(-c4ccc(-c5ccccn5)cc4)c3)cc2)c1. The first-order valence-corrected chi connectivity index (χ1v) is 15.3. The lowest BCUT2D eigenvalue weighted by Crippen LogP contribution is -2.37. The maximum absolute atomic E-state index is 4.45. The Morgan fingerprint density at radius 1 is 0.441 bits per heavy atom. The van der Waals surface area contributed by atoms with E-state index in [1.54, 1.807) is 0 Å². The van der Waals surface area contributed by atoms with Crippen LogP contribution in [0.25, 0.3) is 44.6 Å². The van der Waals surface area contributed by atoms with E-state index in [0.29, 0.717) is 0 Å². The molecule has 0 atom stereocenters. The van der Waals surface area contributed by atoms with E-state index in [-0.39, 0.29) is 0 Å². The van der Waals surface area contributed by atoms with Crippen LogP contribution in [0.15, 0.2) is 121 Å². The van der Waals surface area contributed by atoms with Crippen LogP contribution in [0.2, 0.25) is 19.6 Å². The Bertz CT molecular complexity index is 1400. The molecule has 0 aliphatic heterocycles. The van der Waals surface area contributed by atoms with Gasteiger partial charge in [0.15, 0.2) is 0 Å². The summed E-state index contributed by atoms with van der Waals surface area (Å²) in [6, 6.07) is 41.5. The fourth-order valence-corrected chi connectivity index (χ4v) is 5.45. The van der Waals surface area contributed by atoms with Gasteiger partial charge in [0, 0.05) is 11.8 Å². The zero-order valence-corrected chi connectivity index (χ0v) is 21.0. The van der Waals surface area contributed by atoms with E-state index in [4.69, 9.17) is 0 Å². The average molecular weight is 456 g/mol. The summed E-state index contributed by atoms with van der Waals surface area (Å²) in [5.41, 5.74) is 9.59. The van der Waals surface area contributed by atoms with Crippen LogP contribution in [0, 0.1) is 0 Å². The molecule has 1 aromatic heterocycles. The van der Waals surface area contributed by atoms with Gasteiger partial charge in [0.05, 0.1) is 13.8 Å². The average Bonchev–Trinajstić information content (AvgIpc) is 2.89. The lowest BCUT2D eigenvalue weighted by Gasteiger charge is -2.17. The van der Waals surface area contributed by atoms with Crippen LogP contribution in [0.3, 0.4) is 0 Å². The molecule has 0 bridgehead atoms. The van der Waals surface area contributed by atoms with Crippen molar-refractivity contribution in [3.05, 3.63) is 121 Å². The predicted octanol–water partition coefficient (Wildman–Crippen LogP) is 8.29. The van der Waals surface area contributed by atoms with E-state index in [9.17, 15) is 0 Å². The molecule has 0 saturated heterocycles. The fraction of sp³-hybridized carbons (Fsp3) is 0.0938. The smallest absolute Gasteiger partial charge is 0.0776 e. The fourth-order valence-electron chi connectivity index (χ4n) is 4.27. The van der Waals surface area contributed by atoms with Gasteiger partial charge in [-0.05, 0) is 51.6 Å². The minimum Gasteiger partial charge on any atom is -0.256 e. The first kappa shape index (κ1) is 22.1. The summed E-state index contributed by atoms with van der Waals surface area (Å²) in [5.74, 6) is 0. The van der Waals surface area contributed by atoms with Crippen molar-refractivity contribution in [3.63, 3.8) is 0 Å². The predicted molar refractivity (Wildman–Crippen MR) is 149 cm³/mol. The molecule has 166 valence electrons. The van der Waals surface area contributed by atoms with Crippen LogP contribution in [0.5, 0.6) is 0 Å². The van der Waals surface area contributed by atoms with E-state index in [1.807, 2.05) is 24.4 Å². The number of rotatable bonds is 5. The Morgan fingerprint density at radius 3 is 1.44 bits per heavy atom. The lowest BCUT2D eigenvalue weighted by molar-refractivity contribution is 1.33. The van der Waals surface area contributed by atoms with Crippen LogP contribution in [-0.2, 0) is 0 Å². The number of benzene rings is 4. The van der Waals surface area contributed by atoms with Crippen molar-refractivity contribution < 1.29 is 0 Å². The molecular weight excluding hydrogens is 426 g/mol. The molecule has 4 aromatic carbocycles. The molecule has 5 aromatic rings. The van der Waals surface area contributed by atoms with Crippen molar-refractivity contribution in [2.75, 3.05) is 0 Å². The highest BCUT2D eigenvalue weighted by Gasteiger charge is 2.16. The Balaban J connectivity index is 1.40. The van der Waals surface area contributed by atoms with Crippen molar-refractivity contribution in [1.29, 1.82) is 0 Å². The molecule has 0 aliphatic rings. The molecule has 0 spiro atoms. The van der Waals surface area contributed by atoms with Crippen LogP contribution in [0.4, 0.5) is 0 Å². The lowest BCUT2D eigenvalue weighted by atomic mass is 9.96. The molecule has 0 N–H and O–H groups in total. The van der Waals surface area contributed by atoms with E-state index >= 15 is 0 Å². The van der Waals surface area contributed by atoms with Gasteiger partial charge >= 0.3 is 0 Å². The molecule has 1 nitrogen and oxygen atoms in total. The highest BCUT2D eigenvalue weighted by atomic mass is 28.3. The van der Waals surface area contributed by atoms with Crippen LogP contribution in [-0.4, -0.2) is 13.1 Å². The van der Waals surface area contributed by atoms with Crippen LogP contribution >= 0.6 is 0 Å². The van der Waals surface area contributed by atoms with E-state index in [1.165, 1.54) is 38.6 Å². The first-order chi connectivity index (χ1) is 16.5. The molecule has 5 rings (SSSR count). The van der Waals surface area contributed by atoms with Crippen LogP contribution in [0.1, 0.15) is 0 Å². The third kappa shape index (κ3) is 4.78. The topological polar surface area (TPSA) is 12.9 Å². The molecule has 34 heavy (non-hydrogen) atoms. The van der Waals surface area contributed by atoms with Gasteiger partial charge in [-0.25, -0.2) is 0 Å². The molecule has 0 aliphatic carbocycles. The molecular formula is C32H29NSi. The Labute approximate surface area is 203 Å². The molecule has 0 radical (unpaired) electrons. The summed E-state index contributed by atoms with van der Waals surface area (Å²) in [6.07, 6.45) is 1.83. The Morgan fingerprint density at radius 2 is 0.941 bits per heavy atom. The summed E-state index contributed by atoms with van der Waals surface area (Å²) in [7, 11) is -1.33. The van der Waals surface area contributed by atoms with Crippen molar-refractivity contribution in [1.82, 2.24) is 4.98 Å². The van der Waals surface area contributed by atoms with Gasteiger partial charge in [-0.3, -0.25) is 4.98 Å². The molecule has 0 amide bonds. The first-order valence-electron chi connectivity index (χ1n) is 11.8. The number of hydrogen-bond acceptors (Lipinski definition) is 1. The minimum atomic E-state index is -1.33. The maximum atomic E-state index is 4.45. The van der Waals surface area contributed by atoms with Crippen molar-refractivity contribution in [2.45, 2.75) is 19.6 Å². The third-order valence-corrected chi connectivity index (χ3v) is 8.36. The zero-order valence-electron chi connectivity index (χ0n) is 20.0. The molecule has 0 saturated carbocycles. The Kier molecular flexibility index (Phi) is 6.00. The molecule has 1 heterocycles. The van der Waals surface area contributed by atoms with E-state index in [0.717, 1.165) is 11.3 Å². The summed E-state index contributed by atoms with van der Waals surface area (Å²) in [6.45, 7) is 7.19. The second-order valence-electron chi connectivity index (χ2n) is 9.78. The summed E-state index contributed by atoms with van der Waals surface area (Å²) >= 11 is 0. The number of nitrogens with zero attached hydrogens (tertiary/aromatic N) is 1. The van der Waals surface area contributed by atoms with Crippen molar-refractivity contribution in [3.8, 4) is 44.6 Å². The molecule has 2 heteroatoms. The molecule has 0 fully saturated rings. The Hall–Kier alpha value is -3.75. The van der Waals surface area contributed by atoms with Gasteiger partial charge in [-0.2, -0.15) is 0 Å². The highest BCUT2D eigenvalue weighted by molar-refractivity contribution is 6.88. The number of aromatic nitrogens is 1. The van der Waals surface area contributed by atoms with Gasteiger partial charge in [-0.1, -0.05) is 122 Å². The normalized spacial score (nSPS) is 11.4.